The molecule has 0 aromatic heterocycles. The van der Waals surface area contributed by atoms with E-state index >= 15 is 0 Å². The molecule has 2 amide bonds. The highest BCUT2D eigenvalue weighted by molar-refractivity contribution is 5.97. The van der Waals surface area contributed by atoms with Gasteiger partial charge in [-0.3, -0.25) is 14.5 Å². The van der Waals surface area contributed by atoms with Gasteiger partial charge in [-0.15, -0.1) is 0 Å². The van der Waals surface area contributed by atoms with Crippen LogP contribution in [0.5, 0.6) is 0 Å². The molecular weight excluding hydrogens is 303 g/mol. The monoisotopic (exact) mass is 326 g/mol. The van der Waals surface area contributed by atoms with Gasteiger partial charge >= 0.3 is 6.09 Å². The molecule has 0 saturated carbocycles. The molecule has 1 aromatic carbocycles. The van der Waals surface area contributed by atoms with Crippen LogP contribution >= 0.6 is 0 Å². The van der Waals surface area contributed by atoms with Crippen LogP contribution in [0.2, 0.25) is 0 Å². The van der Waals surface area contributed by atoms with Crippen molar-refractivity contribution in [2.24, 2.45) is 0 Å². The van der Waals surface area contributed by atoms with Crippen molar-refractivity contribution in [3.63, 3.8) is 0 Å². The number of hydroxylamine groups is 2. The molecule has 0 saturated heterocycles. The van der Waals surface area contributed by atoms with Crippen LogP contribution in [0.4, 0.5) is 14.9 Å². The summed E-state index contributed by atoms with van der Waals surface area (Å²) in [5.41, 5.74) is -0.525. The third-order valence-electron chi connectivity index (χ3n) is 3.01. The molecule has 6 nitrogen and oxygen atoms in total. The molecule has 0 aliphatic carbocycles. The van der Waals surface area contributed by atoms with Crippen LogP contribution < -0.4 is 4.90 Å². The molecule has 0 heterocycles. The molecule has 0 N–H and O–H groups in total. The maximum Gasteiger partial charge on any atom is 0.415 e. The Morgan fingerprint density at radius 1 is 1.26 bits per heavy atom. The smallest absolute Gasteiger partial charge is 0.415 e. The van der Waals surface area contributed by atoms with Crippen LogP contribution in [0, 0.1) is 5.82 Å². The number of ether oxygens (including phenoxy) is 1. The number of likely N-dealkylation sites (N-methyl/N-ethyl adjacent to an activating group) is 1. The number of carbonyl (C=O) groups is 2. The average molecular weight is 326 g/mol. The minimum atomic E-state index is -0.934. The molecule has 0 bridgehead atoms. The fraction of sp³-hybridized carbons (Fsp3) is 0.500. The Kier molecular flexibility index (Phi) is 6.09. The van der Waals surface area contributed by atoms with Gasteiger partial charge in [0.25, 0.3) is 5.91 Å². The summed E-state index contributed by atoms with van der Waals surface area (Å²) in [6.07, 6.45) is -0.742. The Bertz CT molecular complexity index is 571. The van der Waals surface area contributed by atoms with E-state index in [-0.39, 0.29) is 5.69 Å². The molecule has 0 fully saturated rings. The maximum absolute atomic E-state index is 13.5. The largest absolute Gasteiger partial charge is 0.443 e. The lowest BCUT2D eigenvalue weighted by Gasteiger charge is -2.32. The standard InChI is InChI=1S/C16H23FN2O4/c1-11(14(20)18(5)22-6)19(15(21)23-16(2,3)4)13-9-7-8-12(17)10-13/h7-11H,1-6H3. The van der Waals surface area contributed by atoms with Crippen molar-refractivity contribution < 1.29 is 23.6 Å². The number of nitrogens with zero attached hydrogens (tertiary/aromatic N) is 2. The maximum atomic E-state index is 13.5. The van der Waals surface area contributed by atoms with Crippen molar-refractivity contribution in [1.82, 2.24) is 5.06 Å². The lowest BCUT2D eigenvalue weighted by atomic mass is 10.2. The highest BCUT2D eigenvalue weighted by Gasteiger charge is 2.33. The van der Waals surface area contributed by atoms with Gasteiger partial charge in [-0.1, -0.05) is 6.07 Å². The van der Waals surface area contributed by atoms with Crippen LogP contribution in [0.25, 0.3) is 0 Å². The lowest BCUT2D eigenvalue weighted by Crippen LogP contribution is -2.50. The molecule has 0 radical (unpaired) electrons. The first-order chi connectivity index (χ1) is 10.6. The van der Waals surface area contributed by atoms with E-state index < -0.39 is 29.5 Å². The second-order valence-electron chi connectivity index (χ2n) is 6.02. The molecule has 1 unspecified atom stereocenters. The molecular formula is C16H23FN2O4. The van der Waals surface area contributed by atoms with Gasteiger partial charge in [-0.05, 0) is 45.9 Å². The first-order valence-corrected chi connectivity index (χ1v) is 7.16. The molecule has 0 aliphatic rings. The van der Waals surface area contributed by atoms with Crippen LogP contribution in [0.3, 0.4) is 0 Å². The summed E-state index contributed by atoms with van der Waals surface area (Å²) in [5.74, 6) is -0.988. The summed E-state index contributed by atoms with van der Waals surface area (Å²) >= 11 is 0. The summed E-state index contributed by atoms with van der Waals surface area (Å²) < 4.78 is 18.9. The highest BCUT2D eigenvalue weighted by Crippen LogP contribution is 2.22. The minimum absolute atomic E-state index is 0.226. The Hall–Kier alpha value is -2.15. The predicted octanol–water partition coefficient (Wildman–Crippen LogP) is 2.98. The highest BCUT2D eigenvalue weighted by atomic mass is 19.1. The number of anilines is 1. The predicted molar refractivity (Wildman–Crippen MR) is 84.4 cm³/mol. The van der Waals surface area contributed by atoms with Crippen molar-refractivity contribution in [2.75, 3.05) is 19.1 Å². The third kappa shape index (κ3) is 5.21. The second kappa shape index (κ2) is 7.41. The Morgan fingerprint density at radius 2 is 1.87 bits per heavy atom. The van der Waals surface area contributed by atoms with E-state index in [1.165, 1.54) is 45.3 Å². The number of halogens is 1. The van der Waals surface area contributed by atoms with Gasteiger partial charge in [-0.2, -0.15) is 0 Å². The van der Waals surface area contributed by atoms with Gasteiger partial charge in [0.1, 0.15) is 17.5 Å². The number of hydrogen-bond donors (Lipinski definition) is 0. The summed E-state index contributed by atoms with van der Waals surface area (Å²) in [5, 5.41) is 1.00. The van der Waals surface area contributed by atoms with E-state index in [1.54, 1.807) is 20.8 Å². The Morgan fingerprint density at radius 3 is 2.35 bits per heavy atom. The van der Waals surface area contributed by atoms with Gasteiger partial charge in [0.05, 0.1) is 12.8 Å². The molecule has 1 aromatic rings. The summed E-state index contributed by atoms with van der Waals surface area (Å²) in [7, 11) is 2.77. The van der Waals surface area contributed by atoms with E-state index in [0.29, 0.717) is 0 Å². The van der Waals surface area contributed by atoms with Gasteiger partial charge in [0.2, 0.25) is 0 Å². The van der Waals surface area contributed by atoms with E-state index in [0.717, 1.165) is 9.96 Å². The second-order valence-corrected chi connectivity index (χ2v) is 6.02. The fourth-order valence-corrected chi connectivity index (χ4v) is 1.89. The van der Waals surface area contributed by atoms with Gasteiger partial charge in [0, 0.05) is 7.05 Å². The number of rotatable bonds is 4. The zero-order valence-corrected chi connectivity index (χ0v) is 14.3. The number of hydrogen-bond acceptors (Lipinski definition) is 4. The van der Waals surface area contributed by atoms with Crippen molar-refractivity contribution in [1.29, 1.82) is 0 Å². The third-order valence-corrected chi connectivity index (χ3v) is 3.01. The Balaban J connectivity index is 3.21. The minimum Gasteiger partial charge on any atom is -0.443 e. The summed E-state index contributed by atoms with van der Waals surface area (Å²) in [6.45, 7) is 6.65. The summed E-state index contributed by atoms with van der Waals surface area (Å²) in [6, 6.07) is 4.48. The molecule has 7 heteroatoms. The van der Waals surface area contributed by atoms with Crippen LogP contribution in [-0.4, -0.2) is 42.9 Å². The fourth-order valence-electron chi connectivity index (χ4n) is 1.89. The quantitative estimate of drug-likeness (QED) is 0.798. The number of carbonyl (C=O) groups excluding carboxylic acids is 2. The summed E-state index contributed by atoms with van der Waals surface area (Å²) in [4.78, 5) is 30.8. The topological polar surface area (TPSA) is 59.1 Å². The van der Waals surface area contributed by atoms with Gasteiger partial charge in [-0.25, -0.2) is 14.2 Å². The van der Waals surface area contributed by atoms with Crippen LogP contribution in [0.15, 0.2) is 24.3 Å². The van der Waals surface area contributed by atoms with E-state index in [9.17, 15) is 14.0 Å². The van der Waals surface area contributed by atoms with E-state index in [4.69, 9.17) is 9.57 Å². The molecule has 1 rings (SSSR count). The van der Waals surface area contributed by atoms with Crippen molar-refractivity contribution in [3.05, 3.63) is 30.1 Å². The zero-order chi connectivity index (χ0) is 17.8. The SMILES string of the molecule is CON(C)C(=O)C(C)N(C(=O)OC(C)(C)C)c1cccc(F)c1. The van der Waals surface area contributed by atoms with Crippen molar-refractivity contribution in [3.8, 4) is 0 Å². The number of benzene rings is 1. The molecule has 0 aliphatic heterocycles. The van der Waals surface area contributed by atoms with Crippen LogP contribution in [-0.2, 0) is 14.4 Å². The zero-order valence-electron chi connectivity index (χ0n) is 14.3. The molecule has 128 valence electrons. The van der Waals surface area contributed by atoms with Gasteiger partial charge in [0.15, 0.2) is 0 Å². The molecule has 23 heavy (non-hydrogen) atoms. The first kappa shape index (κ1) is 18.9. The van der Waals surface area contributed by atoms with Crippen molar-refractivity contribution >= 4 is 17.7 Å². The number of amides is 2. The van der Waals surface area contributed by atoms with E-state index in [1.807, 2.05) is 0 Å². The first-order valence-electron chi connectivity index (χ1n) is 7.16. The average Bonchev–Trinajstić information content (AvgIpc) is 2.43. The lowest BCUT2D eigenvalue weighted by molar-refractivity contribution is -0.169. The Labute approximate surface area is 135 Å². The molecule has 0 spiro atoms. The van der Waals surface area contributed by atoms with Gasteiger partial charge < -0.3 is 4.74 Å². The molecule has 1 atom stereocenters. The normalized spacial score (nSPS) is 12.5. The van der Waals surface area contributed by atoms with Crippen molar-refractivity contribution in [2.45, 2.75) is 39.3 Å². The van der Waals surface area contributed by atoms with E-state index in [2.05, 4.69) is 0 Å². The van der Waals surface area contributed by atoms with Crippen LogP contribution in [0.1, 0.15) is 27.7 Å².